The molecule has 0 amide bonds. The molecule has 1 aromatic rings. The van der Waals surface area contributed by atoms with Gasteiger partial charge < -0.3 is 5.11 Å². The van der Waals surface area contributed by atoms with Gasteiger partial charge in [-0.2, -0.15) is 0 Å². The smallest absolute Gasteiger partial charge is 0.175 e. The van der Waals surface area contributed by atoms with Crippen LogP contribution in [0.15, 0.2) is 40.8 Å². The van der Waals surface area contributed by atoms with Crippen LogP contribution in [0.25, 0.3) is 0 Å². The number of aliphatic hydroxyl groups is 1. The molecule has 3 nitrogen and oxygen atoms in total. The lowest BCUT2D eigenvalue weighted by molar-refractivity contribution is 0.208. The second-order valence-electron chi connectivity index (χ2n) is 4.77. The van der Waals surface area contributed by atoms with Gasteiger partial charge in [0.2, 0.25) is 0 Å². The zero-order valence-electron chi connectivity index (χ0n) is 10.5. The van der Waals surface area contributed by atoms with Gasteiger partial charge in [0.05, 0.1) is 4.90 Å². The van der Waals surface area contributed by atoms with Crippen molar-refractivity contribution in [2.45, 2.75) is 36.7 Å². The first-order chi connectivity index (χ1) is 8.48. The second-order valence-corrected chi connectivity index (χ2v) is 6.78. The van der Waals surface area contributed by atoms with Crippen molar-refractivity contribution in [3.8, 4) is 0 Å². The Morgan fingerprint density at radius 2 is 1.83 bits per heavy atom. The van der Waals surface area contributed by atoms with Crippen molar-refractivity contribution >= 4 is 9.84 Å². The zero-order valence-corrected chi connectivity index (χ0v) is 11.3. The summed E-state index contributed by atoms with van der Waals surface area (Å²) in [7, 11) is -3.17. The quantitative estimate of drug-likeness (QED) is 0.856. The molecule has 1 unspecified atom stereocenters. The summed E-state index contributed by atoms with van der Waals surface area (Å²) >= 11 is 0. The Bertz CT molecular complexity index is 541. The van der Waals surface area contributed by atoms with E-state index in [1.54, 1.807) is 24.3 Å². The van der Waals surface area contributed by atoms with E-state index in [2.05, 4.69) is 6.08 Å². The predicted octanol–water partition coefficient (Wildman–Crippen LogP) is 2.62. The van der Waals surface area contributed by atoms with Crippen molar-refractivity contribution in [1.29, 1.82) is 0 Å². The first-order valence-corrected chi connectivity index (χ1v) is 8.04. The number of allylic oxidation sites excluding steroid dienone is 1. The Morgan fingerprint density at radius 3 is 2.33 bits per heavy atom. The Kier molecular flexibility index (Phi) is 3.88. The summed E-state index contributed by atoms with van der Waals surface area (Å²) in [6, 6.07) is 6.49. The molecule has 0 aromatic heterocycles. The van der Waals surface area contributed by atoms with Gasteiger partial charge in [0.25, 0.3) is 0 Å². The van der Waals surface area contributed by atoms with Crippen LogP contribution in [0, 0.1) is 0 Å². The minimum absolute atomic E-state index is 0.288. The monoisotopic (exact) mass is 266 g/mol. The highest BCUT2D eigenvalue weighted by Gasteiger charge is 2.16. The molecule has 0 fully saturated rings. The Balaban J connectivity index is 2.21. The van der Waals surface area contributed by atoms with Gasteiger partial charge in [-0.3, -0.25) is 0 Å². The lowest BCUT2D eigenvalue weighted by Crippen LogP contribution is -2.05. The van der Waals surface area contributed by atoms with Gasteiger partial charge in [0.15, 0.2) is 9.84 Å². The van der Waals surface area contributed by atoms with Crippen molar-refractivity contribution < 1.29 is 13.5 Å². The molecule has 0 saturated heterocycles. The molecule has 0 saturated carbocycles. The highest BCUT2D eigenvalue weighted by molar-refractivity contribution is 7.90. The lowest BCUT2D eigenvalue weighted by Gasteiger charge is -2.19. The van der Waals surface area contributed by atoms with E-state index in [1.165, 1.54) is 12.7 Å². The van der Waals surface area contributed by atoms with E-state index in [4.69, 9.17) is 0 Å². The number of hydrogen-bond donors (Lipinski definition) is 1. The average molecular weight is 266 g/mol. The Labute approximate surface area is 108 Å². The summed E-state index contributed by atoms with van der Waals surface area (Å²) in [6.45, 7) is 0. The maximum absolute atomic E-state index is 11.3. The Morgan fingerprint density at radius 1 is 1.17 bits per heavy atom. The van der Waals surface area contributed by atoms with Gasteiger partial charge in [-0.05, 0) is 49.0 Å². The Hall–Kier alpha value is -1.13. The molecule has 1 aromatic carbocycles. The molecule has 1 N–H and O–H groups in total. The summed E-state index contributed by atoms with van der Waals surface area (Å²) < 4.78 is 22.7. The third-order valence-corrected chi connectivity index (χ3v) is 4.43. The van der Waals surface area contributed by atoms with Crippen LogP contribution in [-0.2, 0) is 9.84 Å². The van der Waals surface area contributed by atoms with Crippen molar-refractivity contribution in [2.24, 2.45) is 0 Å². The largest absolute Gasteiger partial charge is 0.384 e. The number of benzene rings is 1. The van der Waals surface area contributed by atoms with E-state index < -0.39 is 15.9 Å². The number of sulfone groups is 1. The number of rotatable bonds is 3. The number of aliphatic hydroxyl groups excluding tert-OH is 1. The van der Waals surface area contributed by atoms with E-state index in [-0.39, 0.29) is 4.90 Å². The maximum atomic E-state index is 11.3. The topological polar surface area (TPSA) is 54.4 Å². The third kappa shape index (κ3) is 3.00. The molecule has 1 aliphatic carbocycles. The lowest BCUT2D eigenvalue weighted by atomic mass is 9.92. The molecule has 4 heteroatoms. The first-order valence-electron chi connectivity index (χ1n) is 6.15. The molecule has 0 heterocycles. The van der Waals surface area contributed by atoms with Crippen LogP contribution in [0.3, 0.4) is 0 Å². The van der Waals surface area contributed by atoms with Crippen LogP contribution < -0.4 is 0 Å². The molecule has 1 aliphatic rings. The SMILES string of the molecule is CS(=O)(=O)c1ccc(C(O)C2=CCCCC2)cc1. The van der Waals surface area contributed by atoms with Crippen molar-refractivity contribution in [2.75, 3.05) is 6.26 Å². The van der Waals surface area contributed by atoms with E-state index in [0.29, 0.717) is 0 Å². The molecule has 0 aliphatic heterocycles. The highest BCUT2D eigenvalue weighted by Crippen LogP contribution is 2.30. The van der Waals surface area contributed by atoms with Crippen LogP contribution in [0.5, 0.6) is 0 Å². The van der Waals surface area contributed by atoms with Crippen LogP contribution in [-0.4, -0.2) is 19.8 Å². The van der Waals surface area contributed by atoms with Crippen molar-refractivity contribution in [3.05, 3.63) is 41.5 Å². The standard InChI is InChI=1S/C14H18O3S/c1-18(16,17)13-9-7-12(8-10-13)14(15)11-5-3-2-4-6-11/h5,7-10,14-15H,2-4,6H2,1H3. The molecule has 0 spiro atoms. The summed E-state index contributed by atoms with van der Waals surface area (Å²) in [6.07, 6.45) is 6.93. The fourth-order valence-electron chi connectivity index (χ4n) is 2.22. The minimum atomic E-state index is -3.17. The minimum Gasteiger partial charge on any atom is -0.384 e. The molecule has 2 rings (SSSR count). The van der Waals surface area contributed by atoms with E-state index in [0.717, 1.165) is 30.4 Å². The third-order valence-electron chi connectivity index (χ3n) is 3.30. The van der Waals surface area contributed by atoms with Gasteiger partial charge in [-0.15, -0.1) is 0 Å². The van der Waals surface area contributed by atoms with Gasteiger partial charge in [0.1, 0.15) is 6.10 Å². The highest BCUT2D eigenvalue weighted by atomic mass is 32.2. The first kappa shape index (κ1) is 13.3. The van der Waals surface area contributed by atoms with Gasteiger partial charge in [0, 0.05) is 6.26 Å². The van der Waals surface area contributed by atoms with E-state index in [9.17, 15) is 13.5 Å². The van der Waals surface area contributed by atoms with Crippen LogP contribution >= 0.6 is 0 Å². The van der Waals surface area contributed by atoms with Crippen molar-refractivity contribution in [1.82, 2.24) is 0 Å². The van der Waals surface area contributed by atoms with E-state index in [1.807, 2.05) is 0 Å². The van der Waals surface area contributed by atoms with Gasteiger partial charge in [-0.1, -0.05) is 18.2 Å². The molecule has 0 radical (unpaired) electrons. The molecule has 1 atom stereocenters. The normalized spacial score (nSPS) is 18.2. The zero-order chi connectivity index (χ0) is 13.2. The maximum Gasteiger partial charge on any atom is 0.175 e. The number of hydrogen-bond acceptors (Lipinski definition) is 3. The van der Waals surface area contributed by atoms with Crippen LogP contribution in [0.2, 0.25) is 0 Å². The summed E-state index contributed by atoms with van der Waals surface area (Å²) in [5.74, 6) is 0. The predicted molar refractivity (Wildman–Crippen MR) is 71.1 cm³/mol. The van der Waals surface area contributed by atoms with Gasteiger partial charge in [-0.25, -0.2) is 8.42 Å². The fourth-order valence-corrected chi connectivity index (χ4v) is 2.85. The van der Waals surface area contributed by atoms with Crippen LogP contribution in [0.4, 0.5) is 0 Å². The average Bonchev–Trinajstić information content (AvgIpc) is 2.38. The van der Waals surface area contributed by atoms with Crippen LogP contribution in [0.1, 0.15) is 37.4 Å². The van der Waals surface area contributed by atoms with Crippen molar-refractivity contribution in [3.63, 3.8) is 0 Å². The molecular formula is C14H18O3S. The molecule has 18 heavy (non-hydrogen) atoms. The van der Waals surface area contributed by atoms with Gasteiger partial charge >= 0.3 is 0 Å². The van der Waals surface area contributed by atoms with E-state index >= 15 is 0 Å². The summed E-state index contributed by atoms with van der Waals surface area (Å²) in [5, 5.41) is 10.2. The second kappa shape index (κ2) is 5.24. The fraction of sp³-hybridized carbons (Fsp3) is 0.429. The molecular weight excluding hydrogens is 248 g/mol. The molecule has 98 valence electrons. The summed E-state index contributed by atoms with van der Waals surface area (Å²) in [4.78, 5) is 0.288. The summed E-state index contributed by atoms with van der Waals surface area (Å²) in [5.41, 5.74) is 1.81. The molecule has 0 bridgehead atoms.